The molecule has 0 aliphatic rings. The van der Waals surface area contributed by atoms with Crippen LogP contribution in [0.2, 0.25) is 0 Å². The molecule has 3 aromatic rings. The maximum absolute atomic E-state index is 14.3. The van der Waals surface area contributed by atoms with Crippen LogP contribution >= 0.6 is 0 Å². The van der Waals surface area contributed by atoms with Crippen LogP contribution in [0.4, 0.5) is 19.0 Å². The Morgan fingerprint density at radius 1 is 1.21 bits per heavy atom. The van der Waals surface area contributed by atoms with Gasteiger partial charge >= 0.3 is 0 Å². The van der Waals surface area contributed by atoms with E-state index < -0.39 is 23.0 Å². The van der Waals surface area contributed by atoms with Crippen molar-refractivity contribution in [3.8, 4) is 23.5 Å². The van der Waals surface area contributed by atoms with Crippen molar-refractivity contribution in [1.82, 2.24) is 19.6 Å². The number of anilines is 1. The van der Waals surface area contributed by atoms with E-state index in [0.717, 1.165) is 0 Å². The third-order valence-electron chi connectivity index (χ3n) is 3.53. The number of nitrogens with zero attached hydrogens (tertiary/aromatic N) is 5. The minimum atomic E-state index is -1.03. The van der Waals surface area contributed by atoms with Crippen molar-refractivity contribution in [3.63, 3.8) is 0 Å². The molecule has 2 heterocycles. The number of rotatable bonds is 3. The molecule has 0 fully saturated rings. The van der Waals surface area contributed by atoms with Crippen LogP contribution < -0.4 is 4.90 Å². The maximum atomic E-state index is 14.3. The molecular weight excluding hydrogens is 319 g/mol. The number of terminal acetylenes is 1. The number of hydrogen-bond donors (Lipinski definition) is 0. The van der Waals surface area contributed by atoms with E-state index in [1.54, 1.807) is 18.9 Å². The van der Waals surface area contributed by atoms with Crippen LogP contribution in [0.25, 0.3) is 16.9 Å². The number of aryl methyl sites for hydroxylation is 1. The van der Waals surface area contributed by atoms with Gasteiger partial charge in [-0.3, -0.25) is 0 Å². The normalized spacial score (nSPS) is 10.8. The largest absolute Gasteiger partial charge is 0.348 e. The number of hydrogen-bond acceptors (Lipinski definition) is 4. The van der Waals surface area contributed by atoms with Crippen molar-refractivity contribution < 1.29 is 13.2 Å². The van der Waals surface area contributed by atoms with Crippen molar-refractivity contribution in [3.05, 3.63) is 41.6 Å². The molecule has 0 radical (unpaired) electrons. The Bertz CT molecular complexity index is 951. The Balaban J connectivity index is 2.42. The molecule has 0 aliphatic carbocycles. The highest BCUT2D eigenvalue weighted by atomic mass is 19.1. The Hall–Kier alpha value is -3.08. The number of halogens is 3. The van der Waals surface area contributed by atoms with Crippen LogP contribution in [0, 0.1) is 36.7 Å². The minimum absolute atomic E-state index is 0.140. The lowest BCUT2D eigenvalue weighted by atomic mass is 10.0. The molecule has 24 heavy (non-hydrogen) atoms. The Morgan fingerprint density at radius 2 is 1.88 bits per heavy atom. The van der Waals surface area contributed by atoms with Gasteiger partial charge in [0.25, 0.3) is 5.78 Å². The molecule has 0 saturated heterocycles. The van der Waals surface area contributed by atoms with Crippen LogP contribution in [-0.4, -0.2) is 33.2 Å². The summed E-state index contributed by atoms with van der Waals surface area (Å²) < 4.78 is 43.2. The van der Waals surface area contributed by atoms with Crippen LogP contribution in [0.1, 0.15) is 5.69 Å². The zero-order valence-corrected chi connectivity index (χ0v) is 12.9. The molecule has 0 spiro atoms. The molecule has 0 N–H and O–H groups in total. The predicted molar refractivity (Wildman–Crippen MR) is 82.9 cm³/mol. The van der Waals surface area contributed by atoms with Gasteiger partial charge in [0.05, 0.1) is 23.4 Å². The van der Waals surface area contributed by atoms with Gasteiger partial charge in [-0.05, 0) is 6.92 Å². The lowest BCUT2D eigenvalue weighted by Crippen LogP contribution is -2.23. The van der Waals surface area contributed by atoms with E-state index in [2.05, 4.69) is 21.0 Å². The Labute approximate surface area is 135 Å². The van der Waals surface area contributed by atoms with E-state index in [1.807, 2.05) is 0 Å². The van der Waals surface area contributed by atoms with Crippen LogP contribution in [-0.2, 0) is 0 Å². The summed E-state index contributed by atoms with van der Waals surface area (Å²) in [6.07, 6.45) is 6.62. The highest BCUT2D eigenvalue weighted by Gasteiger charge is 2.24. The molecule has 0 amide bonds. The van der Waals surface area contributed by atoms with Crippen LogP contribution in [0.15, 0.2) is 18.5 Å². The average molecular weight is 331 g/mol. The fraction of sp³-hybridized carbons (Fsp3) is 0.188. The third-order valence-corrected chi connectivity index (χ3v) is 3.53. The molecule has 0 aliphatic heterocycles. The maximum Gasteiger partial charge on any atom is 0.254 e. The number of fused-ring (bicyclic) bond motifs is 1. The summed E-state index contributed by atoms with van der Waals surface area (Å²) in [6, 6.07) is 1.24. The molecule has 122 valence electrons. The zero-order chi connectivity index (χ0) is 17.4. The molecule has 5 nitrogen and oxygen atoms in total. The summed E-state index contributed by atoms with van der Waals surface area (Å²) in [5.41, 5.74) is 0.0669. The first-order valence-electron chi connectivity index (χ1n) is 6.94. The Morgan fingerprint density at radius 3 is 2.50 bits per heavy atom. The summed E-state index contributed by atoms with van der Waals surface area (Å²) in [6.45, 7) is 1.75. The first-order valence-corrected chi connectivity index (χ1v) is 6.94. The van der Waals surface area contributed by atoms with Gasteiger partial charge < -0.3 is 4.90 Å². The molecule has 1 aromatic carbocycles. The van der Waals surface area contributed by atoms with Crippen molar-refractivity contribution >= 4 is 11.6 Å². The van der Waals surface area contributed by atoms with Gasteiger partial charge in [-0.15, -0.1) is 6.42 Å². The smallest absolute Gasteiger partial charge is 0.254 e. The summed E-state index contributed by atoms with van der Waals surface area (Å²) in [4.78, 5) is 9.79. The number of aromatic nitrogens is 4. The minimum Gasteiger partial charge on any atom is -0.348 e. The van der Waals surface area contributed by atoms with E-state index in [1.165, 1.54) is 10.8 Å². The highest BCUT2D eigenvalue weighted by Crippen LogP contribution is 2.36. The van der Waals surface area contributed by atoms with Gasteiger partial charge in [0.1, 0.15) is 29.6 Å². The first-order chi connectivity index (χ1) is 11.4. The molecular formula is C16H12F3N5. The second kappa shape index (κ2) is 5.85. The van der Waals surface area contributed by atoms with Crippen molar-refractivity contribution in [2.24, 2.45) is 0 Å². The molecule has 0 unspecified atom stereocenters. The van der Waals surface area contributed by atoms with Gasteiger partial charge in [0.2, 0.25) is 0 Å². The van der Waals surface area contributed by atoms with Gasteiger partial charge in [0, 0.05) is 19.2 Å². The summed E-state index contributed by atoms with van der Waals surface area (Å²) in [7, 11) is 1.65. The van der Waals surface area contributed by atoms with E-state index in [-0.39, 0.29) is 17.9 Å². The SMILES string of the molecule is C#CCN(C)c1c(-c2c(F)cc(F)cc2F)c(C)nc2ncnn12. The highest BCUT2D eigenvalue weighted by molar-refractivity contribution is 5.80. The van der Waals surface area contributed by atoms with Crippen LogP contribution in [0.3, 0.4) is 0 Å². The monoisotopic (exact) mass is 331 g/mol. The van der Waals surface area contributed by atoms with Gasteiger partial charge in [-0.2, -0.15) is 14.6 Å². The van der Waals surface area contributed by atoms with Gasteiger partial charge in [-0.1, -0.05) is 5.92 Å². The van der Waals surface area contributed by atoms with E-state index in [0.29, 0.717) is 23.6 Å². The van der Waals surface area contributed by atoms with Gasteiger partial charge in [0.15, 0.2) is 0 Å². The average Bonchev–Trinajstić information content (AvgIpc) is 2.94. The topological polar surface area (TPSA) is 46.3 Å². The summed E-state index contributed by atoms with van der Waals surface area (Å²) in [5, 5.41) is 4.04. The number of benzene rings is 1. The molecule has 3 rings (SSSR count). The predicted octanol–water partition coefficient (Wildman–Crippen LogP) is 2.59. The lowest BCUT2D eigenvalue weighted by molar-refractivity contribution is 0.547. The van der Waals surface area contributed by atoms with Gasteiger partial charge in [-0.25, -0.2) is 18.2 Å². The summed E-state index contributed by atoms with van der Waals surface area (Å²) in [5.74, 6) is -0.0353. The fourth-order valence-corrected chi connectivity index (χ4v) is 2.57. The van der Waals surface area contributed by atoms with E-state index in [4.69, 9.17) is 6.42 Å². The van der Waals surface area contributed by atoms with Crippen molar-refractivity contribution in [2.75, 3.05) is 18.5 Å². The van der Waals surface area contributed by atoms with Crippen molar-refractivity contribution in [1.29, 1.82) is 0 Å². The zero-order valence-electron chi connectivity index (χ0n) is 12.9. The second-order valence-corrected chi connectivity index (χ2v) is 5.17. The van der Waals surface area contributed by atoms with Crippen molar-refractivity contribution in [2.45, 2.75) is 6.92 Å². The molecule has 0 atom stereocenters. The fourth-order valence-electron chi connectivity index (χ4n) is 2.57. The third kappa shape index (κ3) is 2.44. The van der Waals surface area contributed by atoms with E-state index >= 15 is 0 Å². The first kappa shape index (κ1) is 15.8. The molecule has 2 aromatic heterocycles. The standard InChI is InChI=1S/C16H12F3N5/c1-4-5-23(3)15-13(9(2)22-16-20-8-21-24(15)16)14-11(18)6-10(17)7-12(14)19/h1,6-8H,5H2,2-3H3. The molecule has 8 heteroatoms. The van der Waals surface area contributed by atoms with E-state index in [9.17, 15) is 13.2 Å². The molecule has 0 saturated carbocycles. The quantitative estimate of drug-likeness (QED) is 0.692. The summed E-state index contributed by atoms with van der Waals surface area (Å²) >= 11 is 0. The lowest BCUT2D eigenvalue weighted by Gasteiger charge is -2.22. The Kier molecular flexibility index (Phi) is 3.85. The molecule has 0 bridgehead atoms. The second-order valence-electron chi connectivity index (χ2n) is 5.17. The van der Waals surface area contributed by atoms with Crippen LogP contribution in [0.5, 0.6) is 0 Å².